The summed E-state index contributed by atoms with van der Waals surface area (Å²) < 4.78 is 2.71. The summed E-state index contributed by atoms with van der Waals surface area (Å²) in [4.78, 5) is 36.1. The lowest BCUT2D eigenvalue weighted by Gasteiger charge is -2.43. The van der Waals surface area contributed by atoms with E-state index in [1.165, 1.54) is 0 Å². The van der Waals surface area contributed by atoms with Crippen LogP contribution in [0.3, 0.4) is 0 Å². The van der Waals surface area contributed by atoms with Crippen molar-refractivity contribution in [2.75, 3.05) is 19.6 Å². The molecule has 194 valence electrons. The number of carbonyl (C=O) groups excluding carboxylic acids is 1. The van der Waals surface area contributed by atoms with E-state index in [0.29, 0.717) is 30.5 Å². The molecule has 7 heteroatoms. The topological polar surface area (TPSA) is 58.4 Å². The number of amides is 1. The van der Waals surface area contributed by atoms with E-state index in [-0.39, 0.29) is 23.6 Å². The molecule has 0 spiro atoms. The summed E-state index contributed by atoms with van der Waals surface area (Å²) in [6.07, 6.45) is 4.32. The molecule has 2 heterocycles. The molecule has 38 heavy (non-hydrogen) atoms. The SMILES string of the molecule is CCC(c1nc2ccccc2c(=O)n1-c1ccc(Br)cc1)N1CCN(C(=O)/C=C/c2ccccc2)C(C)C1. The van der Waals surface area contributed by atoms with Crippen LogP contribution in [0.25, 0.3) is 22.7 Å². The second-order valence-electron chi connectivity index (χ2n) is 9.65. The van der Waals surface area contributed by atoms with Gasteiger partial charge in [-0.05, 0) is 61.4 Å². The van der Waals surface area contributed by atoms with E-state index in [4.69, 9.17) is 4.98 Å². The van der Waals surface area contributed by atoms with Crippen LogP contribution < -0.4 is 5.56 Å². The Morgan fingerprint density at radius 2 is 1.74 bits per heavy atom. The summed E-state index contributed by atoms with van der Waals surface area (Å²) in [6, 6.07) is 25.1. The molecular weight excluding hydrogens is 540 g/mol. The van der Waals surface area contributed by atoms with Gasteiger partial charge in [-0.1, -0.05) is 65.3 Å². The van der Waals surface area contributed by atoms with Gasteiger partial charge in [0.25, 0.3) is 5.56 Å². The van der Waals surface area contributed by atoms with Crippen LogP contribution >= 0.6 is 15.9 Å². The average molecular weight is 572 g/mol. The number of benzene rings is 3. The second kappa shape index (κ2) is 11.5. The van der Waals surface area contributed by atoms with Gasteiger partial charge < -0.3 is 4.90 Å². The second-order valence-corrected chi connectivity index (χ2v) is 10.6. The van der Waals surface area contributed by atoms with Gasteiger partial charge in [0, 0.05) is 36.2 Å². The van der Waals surface area contributed by atoms with Crippen molar-refractivity contribution >= 4 is 38.8 Å². The highest BCUT2D eigenvalue weighted by Crippen LogP contribution is 2.28. The summed E-state index contributed by atoms with van der Waals surface area (Å²) in [7, 11) is 0. The fourth-order valence-corrected chi connectivity index (χ4v) is 5.51. The van der Waals surface area contributed by atoms with E-state index in [1.54, 1.807) is 10.6 Å². The molecule has 5 rings (SSSR count). The van der Waals surface area contributed by atoms with E-state index >= 15 is 0 Å². The standard InChI is InChI=1S/C31H31BrN4O2/c1-3-28(34-19-20-35(22(2)21-34)29(37)18-13-23-9-5-4-6-10-23)30-33-27-12-8-7-11-26(27)31(38)36(30)25-16-14-24(32)15-17-25/h4-18,22,28H,3,19-21H2,1-2H3/b18-13+. The smallest absolute Gasteiger partial charge is 0.266 e. The van der Waals surface area contributed by atoms with Crippen LogP contribution in [0.5, 0.6) is 0 Å². The normalized spacial score (nSPS) is 17.2. The predicted octanol–water partition coefficient (Wildman–Crippen LogP) is 5.85. The van der Waals surface area contributed by atoms with Crippen molar-refractivity contribution in [3.05, 3.63) is 111 Å². The summed E-state index contributed by atoms with van der Waals surface area (Å²) in [6.45, 7) is 6.24. The van der Waals surface area contributed by atoms with Gasteiger partial charge in [-0.3, -0.25) is 19.1 Å². The average Bonchev–Trinajstić information content (AvgIpc) is 2.94. The monoisotopic (exact) mass is 570 g/mol. The van der Waals surface area contributed by atoms with E-state index < -0.39 is 0 Å². The van der Waals surface area contributed by atoms with Crippen LogP contribution in [0.1, 0.15) is 37.7 Å². The molecule has 3 aromatic carbocycles. The quantitative estimate of drug-likeness (QED) is 0.273. The first kappa shape index (κ1) is 26.1. The Balaban J connectivity index is 1.45. The number of halogens is 1. The van der Waals surface area contributed by atoms with E-state index in [1.807, 2.05) is 89.8 Å². The number of hydrogen-bond acceptors (Lipinski definition) is 4. The first-order chi connectivity index (χ1) is 18.5. The summed E-state index contributed by atoms with van der Waals surface area (Å²) in [5.41, 5.74) is 2.43. The van der Waals surface area contributed by atoms with Crippen molar-refractivity contribution in [1.82, 2.24) is 19.4 Å². The molecule has 1 fully saturated rings. The fourth-order valence-electron chi connectivity index (χ4n) is 5.24. The Morgan fingerprint density at radius 1 is 1.03 bits per heavy atom. The minimum Gasteiger partial charge on any atom is -0.334 e. The van der Waals surface area contributed by atoms with Gasteiger partial charge >= 0.3 is 0 Å². The Labute approximate surface area is 231 Å². The first-order valence-corrected chi connectivity index (χ1v) is 13.8. The third-order valence-electron chi connectivity index (χ3n) is 7.17. The molecule has 2 unspecified atom stereocenters. The third-order valence-corrected chi connectivity index (χ3v) is 7.70. The van der Waals surface area contributed by atoms with Crippen molar-refractivity contribution in [2.24, 2.45) is 0 Å². The van der Waals surface area contributed by atoms with Gasteiger partial charge in [0.15, 0.2) is 0 Å². The first-order valence-electron chi connectivity index (χ1n) is 13.0. The van der Waals surface area contributed by atoms with Crippen LogP contribution in [-0.2, 0) is 4.79 Å². The zero-order valence-corrected chi connectivity index (χ0v) is 23.2. The molecule has 4 aromatic rings. The van der Waals surface area contributed by atoms with Crippen LogP contribution in [0, 0.1) is 0 Å². The number of aromatic nitrogens is 2. The molecule has 6 nitrogen and oxygen atoms in total. The van der Waals surface area contributed by atoms with Gasteiger partial charge in [-0.25, -0.2) is 4.98 Å². The fraction of sp³-hybridized carbons (Fsp3) is 0.258. The molecule has 1 aliphatic heterocycles. The predicted molar refractivity (Wildman–Crippen MR) is 156 cm³/mol. The van der Waals surface area contributed by atoms with Gasteiger partial charge in [0.05, 0.1) is 22.6 Å². The molecular formula is C31H31BrN4O2. The minimum atomic E-state index is -0.0736. The van der Waals surface area contributed by atoms with Crippen LogP contribution in [-0.4, -0.2) is 50.9 Å². The molecule has 1 saturated heterocycles. The minimum absolute atomic E-state index is 0.0182. The maximum Gasteiger partial charge on any atom is 0.266 e. The highest BCUT2D eigenvalue weighted by Gasteiger charge is 2.32. The Kier molecular flexibility index (Phi) is 7.86. The zero-order chi connectivity index (χ0) is 26.6. The zero-order valence-electron chi connectivity index (χ0n) is 21.6. The largest absolute Gasteiger partial charge is 0.334 e. The number of hydrogen-bond donors (Lipinski definition) is 0. The van der Waals surface area contributed by atoms with Gasteiger partial charge in [-0.2, -0.15) is 0 Å². The summed E-state index contributed by atoms with van der Waals surface area (Å²) in [5.74, 6) is 0.749. The van der Waals surface area contributed by atoms with Crippen molar-refractivity contribution in [1.29, 1.82) is 0 Å². The molecule has 1 aromatic heterocycles. The van der Waals surface area contributed by atoms with E-state index in [2.05, 4.69) is 34.7 Å². The Bertz CT molecular complexity index is 1510. The van der Waals surface area contributed by atoms with Crippen molar-refractivity contribution in [3.8, 4) is 5.69 Å². The molecule has 2 atom stereocenters. The third kappa shape index (κ3) is 5.35. The highest BCUT2D eigenvalue weighted by molar-refractivity contribution is 9.10. The van der Waals surface area contributed by atoms with Crippen LogP contribution in [0.15, 0.2) is 94.2 Å². The molecule has 0 saturated carbocycles. The van der Waals surface area contributed by atoms with Gasteiger partial charge in [-0.15, -0.1) is 0 Å². The lowest BCUT2D eigenvalue weighted by molar-refractivity contribution is -0.130. The summed E-state index contributed by atoms with van der Waals surface area (Å²) in [5, 5.41) is 0.600. The number of fused-ring (bicyclic) bond motifs is 1. The number of nitrogens with zero attached hydrogens (tertiary/aromatic N) is 4. The molecule has 1 amide bonds. The molecule has 0 radical (unpaired) electrons. The number of para-hydroxylation sites is 1. The summed E-state index contributed by atoms with van der Waals surface area (Å²) >= 11 is 3.50. The molecule has 0 aliphatic carbocycles. The van der Waals surface area contributed by atoms with Gasteiger partial charge in [0.2, 0.25) is 5.91 Å². The van der Waals surface area contributed by atoms with Crippen molar-refractivity contribution in [3.63, 3.8) is 0 Å². The number of carbonyl (C=O) groups is 1. The van der Waals surface area contributed by atoms with E-state index in [0.717, 1.165) is 28.0 Å². The van der Waals surface area contributed by atoms with E-state index in [9.17, 15) is 9.59 Å². The van der Waals surface area contributed by atoms with Crippen molar-refractivity contribution < 1.29 is 4.79 Å². The van der Waals surface area contributed by atoms with Crippen LogP contribution in [0.2, 0.25) is 0 Å². The number of piperazine rings is 1. The van der Waals surface area contributed by atoms with Crippen molar-refractivity contribution in [2.45, 2.75) is 32.4 Å². The highest BCUT2D eigenvalue weighted by atomic mass is 79.9. The molecule has 0 bridgehead atoms. The number of rotatable bonds is 6. The van der Waals surface area contributed by atoms with Crippen LogP contribution in [0.4, 0.5) is 0 Å². The Morgan fingerprint density at radius 3 is 2.45 bits per heavy atom. The molecule has 0 N–H and O–H groups in total. The van der Waals surface area contributed by atoms with Gasteiger partial charge in [0.1, 0.15) is 5.82 Å². The lowest BCUT2D eigenvalue weighted by atomic mass is 10.1. The lowest BCUT2D eigenvalue weighted by Crippen LogP contribution is -2.54. The Hall–Kier alpha value is -3.55. The molecule has 1 aliphatic rings. The maximum absolute atomic E-state index is 13.8. The maximum atomic E-state index is 13.8.